The van der Waals surface area contributed by atoms with Gasteiger partial charge >= 0.3 is 11.9 Å². The molecule has 2 aromatic heterocycles. The Morgan fingerprint density at radius 2 is 1.93 bits per heavy atom. The second-order valence-corrected chi connectivity index (χ2v) is 15.4. The van der Waals surface area contributed by atoms with Gasteiger partial charge in [0.2, 0.25) is 0 Å². The van der Waals surface area contributed by atoms with Crippen molar-refractivity contribution in [3.63, 3.8) is 0 Å². The van der Waals surface area contributed by atoms with E-state index in [2.05, 4.69) is 20.2 Å². The zero-order valence-corrected chi connectivity index (χ0v) is 31.3. The van der Waals surface area contributed by atoms with E-state index in [1.54, 1.807) is 18.2 Å². The van der Waals surface area contributed by atoms with Crippen LogP contribution in [-0.4, -0.2) is 69.9 Å². The van der Waals surface area contributed by atoms with Crippen molar-refractivity contribution >= 4 is 28.6 Å². The van der Waals surface area contributed by atoms with Crippen molar-refractivity contribution in [3.8, 4) is 16.9 Å². The minimum atomic E-state index is -4.55. The minimum absolute atomic E-state index is 0.0534. The molecule has 54 heavy (non-hydrogen) atoms. The summed E-state index contributed by atoms with van der Waals surface area (Å²) in [6.45, 7) is 0.594. The Balaban J connectivity index is 1.29. The van der Waals surface area contributed by atoms with Crippen LogP contribution in [-0.2, 0) is 12.6 Å². The first-order valence-corrected chi connectivity index (χ1v) is 19.9. The van der Waals surface area contributed by atoms with Crippen LogP contribution in [0, 0.1) is 17.1 Å². The Labute approximate surface area is 316 Å². The molecule has 0 spiro atoms. The van der Waals surface area contributed by atoms with Crippen molar-refractivity contribution in [2.24, 2.45) is 17.4 Å². The highest BCUT2D eigenvalue weighted by Crippen LogP contribution is 2.42. The Morgan fingerprint density at radius 1 is 1.13 bits per heavy atom. The second-order valence-electron chi connectivity index (χ2n) is 14.5. The molecule has 0 unspecified atom stereocenters. The van der Waals surface area contributed by atoms with Gasteiger partial charge in [-0.05, 0) is 124 Å². The van der Waals surface area contributed by atoms with E-state index in [-0.39, 0.29) is 41.8 Å². The number of hydrogen-bond acceptors (Lipinski definition) is 7. The van der Waals surface area contributed by atoms with Crippen molar-refractivity contribution in [3.05, 3.63) is 75.6 Å². The standard InChI is InChI=1S/C39H49F5N8OS/c1-54-34-20-29(19-30(41)36(34)33-8-3-6-28(51(33)14-4-12-40)11-13-48-35(47)21-45)52-22-26-18-32(49-37(26)50-38(52)53)25-15-23(16-27(17-25)39(42,43)44)5-2-7-31(46)24-9-10-24/h15-20,22,24,28,31,33H,2-14,21,45-46H2,1H3,(H2,47,48)(H,49,50,53)/t28-,31+,33-/m0/s1. The monoisotopic (exact) mass is 772 g/mol. The fourth-order valence-electron chi connectivity index (χ4n) is 7.80. The number of aromatic nitrogens is 3. The summed E-state index contributed by atoms with van der Waals surface area (Å²) in [6.07, 6.45) is 6.30. The number of H-pyrrole nitrogens is 1. The van der Waals surface area contributed by atoms with Crippen LogP contribution in [0.1, 0.15) is 80.5 Å². The number of nitrogens with zero attached hydrogens (tertiary/aromatic N) is 3. The summed E-state index contributed by atoms with van der Waals surface area (Å²) >= 11 is 1.35. The molecule has 2 aromatic carbocycles. The molecule has 1 saturated carbocycles. The zero-order valence-electron chi connectivity index (χ0n) is 30.5. The molecular formula is C39H49F5N8OS. The summed E-state index contributed by atoms with van der Waals surface area (Å²) in [5.74, 6) is 0.262. The SMILES string of the molecule is CSc1cc(-n2cc3cc(-c4cc(CCC[C@@H](N)C5CC5)cc(C(F)(F)F)c4)[nH]c3nc2=O)cc(F)c1[C@@H]1CCC[C@@H](CCNC(=N)CN)N1CCCF. The number of nitrogens with two attached hydrogens (primary N) is 2. The van der Waals surface area contributed by atoms with Crippen molar-refractivity contribution < 1.29 is 22.0 Å². The van der Waals surface area contributed by atoms with Crippen LogP contribution in [0.15, 0.2) is 52.3 Å². The van der Waals surface area contributed by atoms with Gasteiger partial charge in [0.15, 0.2) is 0 Å². The Hall–Kier alpha value is -3.79. The van der Waals surface area contributed by atoms with Gasteiger partial charge in [-0.15, -0.1) is 11.8 Å². The van der Waals surface area contributed by atoms with Gasteiger partial charge in [0, 0.05) is 59.0 Å². The van der Waals surface area contributed by atoms with E-state index >= 15 is 4.39 Å². The van der Waals surface area contributed by atoms with Crippen LogP contribution < -0.4 is 22.5 Å². The lowest BCUT2D eigenvalue weighted by molar-refractivity contribution is -0.137. The first kappa shape index (κ1) is 39.9. The molecule has 292 valence electrons. The molecule has 0 amide bonds. The normalized spacial score (nSPS) is 18.7. The number of likely N-dealkylation sites (tertiary alicyclic amines) is 1. The quantitative estimate of drug-likeness (QED) is 0.0344. The molecule has 7 N–H and O–H groups in total. The van der Waals surface area contributed by atoms with Crippen molar-refractivity contribution in [2.45, 2.75) is 93.4 Å². The van der Waals surface area contributed by atoms with Gasteiger partial charge in [-0.25, -0.2) is 9.18 Å². The second kappa shape index (κ2) is 17.3. The lowest BCUT2D eigenvalue weighted by Crippen LogP contribution is -2.45. The van der Waals surface area contributed by atoms with Gasteiger partial charge in [-0.3, -0.25) is 19.3 Å². The van der Waals surface area contributed by atoms with E-state index in [9.17, 15) is 22.4 Å². The molecule has 15 heteroatoms. The maximum Gasteiger partial charge on any atom is 0.416 e. The zero-order chi connectivity index (χ0) is 38.6. The van der Waals surface area contributed by atoms with Crippen LogP contribution in [0.3, 0.4) is 0 Å². The van der Waals surface area contributed by atoms with Gasteiger partial charge < -0.3 is 21.8 Å². The molecule has 0 radical (unpaired) electrons. The first-order chi connectivity index (χ1) is 25.9. The van der Waals surface area contributed by atoms with Gasteiger partial charge in [-0.1, -0.05) is 0 Å². The molecule has 0 bridgehead atoms. The third-order valence-electron chi connectivity index (χ3n) is 10.7. The fraction of sp³-hybridized carbons (Fsp3) is 0.513. The van der Waals surface area contributed by atoms with Gasteiger partial charge in [0.05, 0.1) is 24.5 Å². The van der Waals surface area contributed by atoms with E-state index < -0.39 is 29.9 Å². The molecule has 1 aliphatic heterocycles. The molecule has 6 rings (SSSR count). The Morgan fingerprint density at radius 3 is 2.63 bits per heavy atom. The van der Waals surface area contributed by atoms with E-state index in [4.69, 9.17) is 16.9 Å². The summed E-state index contributed by atoms with van der Waals surface area (Å²) in [6, 6.07) is 8.52. The van der Waals surface area contributed by atoms with Crippen molar-refractivity contribution in [1.82, 2.24) is 24.8 Å². The third-order valence-corrected chi connectivity index (χ3v) is 11.5. The number of benzene rings is 2. The molecule has 3 atom stereocenters. The van der Waals surface area contributed by atoms with Gasteiger partial charge in [0.1, 0.15) is 17.3 Å². The topological polar surface area (TPSA) is 142 Å². The summed E-state index contributed by atoms with van der Waals surface area (Å²) in [4.78, 5) is 23.4. The third kappa shape index (κ3) is 9.35. The van der Waals surface area contributed by atoms with Crippen molar-refractivity contribution in [1.29, 1.82) is 5.41 Å². The largest absolute Gasteiger partial charge is 0.416 e. The summed E-state index contributed by atoms with van der Waals surface area (Å²) in [7, 11) is 0. The summed E-state index contributed by atoms with van der Waals surface area (Å²) in [5, 5.41) is 11.3. The summed E-state index contributed by atoms with van der Waals surface area (Å²) < 4.78 is 73.1. The van der Waals surface area contributed by atoms with Crippen LogP contribution >= 0.6 is 11.8 Å². The van der Waals surface area contributed by atoms with E-state index in [0.717, 1.165) is 38.2 Å². The van der Waals surface area contributed by atoms with Crippen LogP contribution in [0.2, 0.25) is 0 Å². The minimum Gasteiger partial charge on any atom is -0.373 e. The van der Waals surface area contributed by atoms with Crippen LogP contribution in [0.25, 0.3) is 28.0 Å². The number of halogens is 5. The molecule has 1 aliphatic carbocycles. The Kier molecular flexibility index (Phi) is 12.8. The number of piperidine rings is 1. The number of thioether (sulfide) groups is 1. The number of aryl methyl sites for hydroxylation is 1. The molecule has 4 aromatic rings. The number of rotatable bonds is 16. The summed E-state index contributed by atoms with van der Waals surface area (Å²) in [5.41, 5.74) is 12.5. The predicted octanol–water partition coefficient (Wildman–Crippen LogP) is 7.49. The first-order valence-electron chi connectivity index (χ1n) is 18.7. The molecule has 2 aliphatic rings. The van der Waals surface area contributed by atoms with Crippen LogP contribution in [0.4, 0.5) is 22.0 Å². The number of aromatic amines is 1. The average Bonchev–Trinajstić information content (AvgIpc) is 3.92. The molecule has 1 saturated heterocycles. The average molecular weight is 773 g/mol. The highest BCUT2D eigenvalue weighted by Gasteiger charge is 2.35. The number of alkyl halides is 4. The smallest absolute Gasteiger partial charge is 0.373 e. The maximum absolute atomic E-state index is 16.4. The Bertz CT molecular complexity index is 1990. The predicted molar refractivity (Wildman–Crippen MR) is 205 cm³/mol. The van der Waals surface area contributed by atoms with E-state index in [0.29, 0.717) is 83.8 Å². The van der Waals surface area contributed by atoms with E-state index in [1.807, 2.05) is 6.26 Å². The lowest BCUT2D eigenvalue weighted by Gasteiger charge is -2.43. The van der Waals surface area contributed by atoms with Gasteiger partial charge in [-0.2, -0.15) is 18.2 Å². The maximum atomic E-state index is 16.4. The van der Waals surface area contributed by atoms with Crippen molar-refractivity contribution in [2.75, 3.05) is 32.6 Å². The molecule has 9 nitrogen and oxygen atoms in total. The number of amidine groups is 1. The number of hydrogen-bond donors (Lipinski definition) is 5. The van der Waals surface area contributed by atoms with Crippen LogP contribution in [0.5, 0.6) is 0 Å². The molecule has 3 heterocycles. The number of fused-ring (bicyclic) bond motifs is 1. The van der Waals surface area contributed by atoms with Gasteiger partial charge in [0.25, 0.3) is 0 Å². The molecular weight excluding hydrogens is 724 g/mol. The highest BCUT2D eigenvalue weighted by atomic mass is 32.2. The molecule has 2 fully saturated rings. The lowest BCUT2D eigenvalue weighted by atomic mass is 9.88. The highest BCUT2D eigenvalue weighted by molar-refractivity contribution is 7.98. The number of nitrogens with one attached hydrogen (secondary N) is 3. The fourth-order valence-corrected chi connectivity index (χ4v) is 8.49. The van der Waals surface area contributed by atoms with E-state index in [1.165, 1.54) is 34.7 Å².